The molecule has 2 aliphatic rings. The van der Waals surface area contributed by atoms with Gasteiger partial charge in [-0.05, 0) is 17.5 Å². The van der Waals surface area contributed by atoms with E-state index in [1.165, 1.54) is 11.1 Å². The fourth-order valence-electron chi connectivity index (χ4n) is 2.51. The van der Waals surface area contributed by atoms with Gasteiger partial charge in [0.15, 0.2) is 0 Å². The summed E-state index contributed by atoms with van der Waals surface area (Å²) in [6, 6.07) is 8.49. The van der Waals surface area contributed by atoms with Crippen LogP contribution in [0.2, 0.25) is 0 Å². The van der Waals surface area contributed by atoms with Gasteiger partial charge < -0.3 is 5.32 Å². The molecule has 1 fully saturated rings. The van der Waals surface area contributed by atoms with Crippen LogP contribution in [0.4, 0.5) is 0 Å². The van der Waals surface area contributed by atoms with Crippen molar-refractivity contribution in [2.75, 3.05) is 13.1 Å². The predicted molar refractivity (Wildman–Crippen MR) is 57.4 cm³/mol. The molecule has 1 amide bonds. The summed E-state index contributed by atoms with van der Waals surface area (Å²) in [7, 11) is 0. The van der Waals surface area contributed by atoms with Gasteiger partial charge in [-0.15, -0.1) is 0 Å². The lowest BCUT2D eigenvalue weighted by molar-refractivity contribution is -0.129. The Hall–Kier alpha value is -1.35. The molecule has 1 aromatic rings. The first-order chi connectivity index (χ1) is 7.34. The Labute approximate surface area is 89.1 Å². The molecule has 0 radical (unpaired) electrons. The molecule has 3 rings (SSSR count). The highest BCUT2D eigenvalue weighted by Crippen LogP contribution is 2.24. The van der Waals surface area contributed by atoms with Crippen molar-refractivity contribution in [2.24, 2.45) is 0 Å². The zero-order valence-electron chi connectivity index (χ0n) is 8.57. The van der Waals surface area contributed by atoms with Gasteiger partial charge in [0.1, 0.15) is 0 Å². The molecule has 78 valence electrons. The number of hydrogen-bond acceptors (Lipinski definition) is 2. The molecule has 2 aliphatic heterocycles. The van der Waals surface area contributed by atoms with Crippen LogP contribution in [0.5, 0.6) is 0 Å². The fraction of sp³-hybridized carbons (Fsp3) is 0.417. The number of nitrogens with zero attached hydrogens (tertiary/aromatic N) is 1. The second kappa shape index (κ2) is 3.35. The van der Waals surface area contributed by atoms with Crippen molar-refractivity contribution in [3.63, 3.8) is 0 Å². The Kier molecular flexibility index (Phi) is 1.99. The van der Waals surface area contributed by atoms with Gasteiger partial charge in [0.2, 0.25) is 5.91 Å². The van der Waals surface area contributed by atoms with E-state index in [1.54, 1.807) is 0 Å². The van der Waals surface area contributed by atoms with Crippen LogP contribution in [0, 0.1) is 0 Å². The maximum Gasteiger partial charge on any atom is 0.237 e. The van der Waals surface area contributed by atoms with Gasteiger partial charge >= 0.3 is 0 Å². The van der Waals surface area contributed by atoms with Crippen molar-refractivity contribution in [1.29, 1.82) is 0 Å². The molecule has 1 unspecified atom stereocenters. The number of piperazine rings is 1. The highest BCUT2D eigenvalue weighted by molar-refractivity contribution is 5.83. The van der Waals surface area contributed by atoms with Crippen molar-refractivity contribution in [3.8, 4) is 0 Å². The van der Waals surface area contributed by atoms with Crippen molar-refractivity contribution in [1.82, 2.24) is 10.2 Å². The van der Waals surface area contributed by atoms with Crippen molar-refractivity contribution in [3.05, 3.63) is 35.4 Å². The van der Waals surface area contributed by atoms with Crippen LogP contribution in [0.3, 0.4) is 0 Å². The van der Waals surface area contributed by atoms with E-state index >= 15 is 0 Å². The van der Waals surface area contributed by atoms with Gasteiger partial charge in [0.05, 0.1) is 6.04 Å². The summed E-state index contributed by atoms with van der Waals surface area (Å²) in [5, 5.41) is 2.93. The van der Waals surface area contributed by atoms with Crippen molar-refractivity contribution < 1.29 is 4.79 Å². The SMILES string of the molecule is O=C1NCCN2Cc3ccccc3CC12. The Morgan fingerprint density at radius 3 is 2.93 bits per heavy atom. The lowest BCUT2D eigenvalue weighted by Crippen LogP contribution is -2.57. The third kappa shape index (κ3) is 1.43. The van der Waals surface area contributed by atoms with E-state index in [-0.39, 0.29) is 11.9 Å². The van der Waals surface area contributed by atoms with Crippen LogP contribution in [-0.4, -0.2) is 29.9 Å². The van der Waals surface area contributed by atoms with E-state index in [2.05, 4.69) is 34.5 Å². The number of rotatable bonds is 0. The number of benzene rings is 1. The van der Waals surface area contributed by atoms with E-state index < -0.39 is 0 Å². The smallest absolute Gasteiger partial charge is 0.237 e. The van der Waals surface area contributed by atoms with E-state index in [9.17, 15) is 4.79 Å². The minimum absolute atomic E-state index is 0.0636. The molecule has 0 bridgehead atoms. The van der Waals surface area contributed by atoms with E-state index in [0.717, 1.165) is 26.1 Å². The molecule has 1 atom stereocenters. The van der Waals surface area contributed by atoms with Crippen LogP contribution >= 0.6 is 0 Å². The molecule has 3 heteroatoms. The molecule has 1 saturated heterocycles. The average molecular weight is 202 g/mol. The zero-order chi connectivity index (χ0) is 10.3. The fourth-order valence-corrected chi connectivity index (χ4v) is 2.51. The molecule has 0 spiro atoms. The van der Waals surface area contributed by atoms with E-state index in [1.807, 2.05) is 0 Å². The maximum absolute atomic E-state index is 11.7. The number of hydrogen-bond donors (Lipinski definition) is 1. The first-order valence-electron chi connectivity index (χ1n) is 5.43. The van der Waals surface area contributed by atoms with Gasteiger partial charge in [-0.2, -0.15) is 0 Å². The molecule has 0 aromatic heterocycles. The van der Waals surface area contributed by atoms with E-state index in [0.29, 0.717) is 0 Å². The predicted octanol–water partition coefficient (Wildman–Crippen LogP) is 0.543. The lowest BCUT2D eigenvalue weighted by Gasteiger charge is -2.39. The van der Waals surface area contributed by atoms with Gasteiger partial charge in [-0.3, -0.25) is 9.69 Å². The third-order valence-electron chi connectivity index (χ3n) is 3.35. The minimum atomic E-state index is 0.0636. The lowest BCUT2D eigenvalue weighted by atomic mass is 9.92. The summed E-state index contributed by atoms with van der Waals surface area (Å²) in [6.07, 6.45) is 0.863. The molecule has 15 heavy (non-hydrogen) atoms. The minimum Gasteiger partial charge on any atom is -0.353 e. The largest absolute Gasteiger partial charge is 0.353 e. The van der Waals surface area contributed by atoms with Gasteiger partial charge in [0, 0.05) is 19.6 Å². The van der Waals surface area contributed by atoms with Crippen LogP contribution in [0.15, 0.2) is 24.3 Å². The van der Waals surface area contributed by atoms with Crippen molar-refractivity contribution >= 4 is 5.91 Å². The average Bonchev–Trinajstić information content (AvgIpc) is 2.27. The van der Waals surface area contributed by atoms with E-state index in [4.69, 9.17) is 0 Å². The number of amides is 1. The first kappa shape index (κ1) is 8.92. The standard InChI is InChI=1S/C12H14N2O/c15-12-11-7-9-3-1-2-4-10(9)8-14(11)6-5-13-12/h1-4,11H,5-8H2,(H,13,15). The number of fused-ring (bicyclic) bond motifs is 2. The monoisotopic (exact) mass is 202 g/mol. The number of carbonyl (C=O) groups excluding carboxylic acids is 1. The molecule has 2 heterocycles. The normalized spacial score (nSPS) is 25.3. The second-order valence-electron chi connectivity index (χ2n) is 4.25. The third-order valence-corrected chi connectivity index (χ3v) is 3.35. The Morgan fingerprint density at radius 2 is 2.07 bits per heavy atom. The number of carbonyl (C=O) groups is 1. The highest BCUT2D eigenvalue weighted by Gasteiger charge is 2.33. The van der Waals surface area contributed by atoms with Crippen molar-refractivity contribution in [2.45, 2.75) is 19.0 Å². The summed E-state index contributed by atoms with van der Waals surface area (Å²) in [5.74, 6) is 0.191. The first-order valence-corrected chi connectivity index (χ1v) is 5.43. The molecule has 0 aliphatic carbocycles. The Balaban J connectivity index is 1.95. The summed E-state index contributed by atoms with van der Waals surface area (Å²) in [5.41, 5.74) is 2.71. The summed E-state index contributed by atoms with van der Waals surface area (Å²) in [4.78, 5) is 14.0. The molecular formula is C12H14N2O. The molecular weight excluding hydrogens is 188 g/mol. The van der Waals surface area contributed by atoms with Crippen LogP contribution in [0.25, 0.3) is 0 Å². The summed E-state index contributed by atoms with van der Waals surface area (Å²) >= 11 is 0. The summed E-state index contributed by atoms with van der Waals surface area (Å²) in [6.45, 7) is 2.69. The van der Waals surface area contributed by atoms with Gasteiger partial charge in [0.25, 0.3) is 0 Å². The Bertz CT molecular complexity index is 402. The molecule has 3 nitrogen and oxygen atoms in total. The number of nitrogens with one attached hydrogen (secondary N) is 1. The summed E-state index contributed by atoms with van der Waals surface area (Å²) < 4.78 is 0. The quantitative estimate of drug-likeness (QED) is 0.666. The van der Waals surface area contributed by atoms with Gasteiger partial charge in [-0.1, -0.05) is 24.3 Å². The topological polar surface area (TPSA) is 32.3 Å². The molecule has 0 saturated carbocycles. The van der Waals surface area contributed by atoms with Crippen LogP contribution in [0.1, 0.15) is 11.1 Å². The Morgan fingerprint density at radius 1 is 1.27 bits per heavy atom. The van der Waals surface area contributed by atoms with Crippen LogP contribution in [-0.2, 0) is 17.8 Å². The van der Waals surface area contributed by atoms with Gasteiger partial charge in [-0.25, -0.2) is 0 Å². The second-order valence-corrected chi connectivity index (χ2v) is 4.25. The maximum atomic E-state index is 11.7. The highest BCUT2D eigenvalue weighted by atomic mass is 16.2. The zero-order valence-corrected chi connectivity index (χ0v) is 8.57. The molecule has 1 aromatic carbocycles. The molecule has 1 N–H and O–H groups in total. The van der Waals surface area contributed by atoms with Crippen LogP contribution < -0.4 is 5.32 Å².